The molecule has 0 fully saturated rings. The topological polar surface area (TPSA) is 93.7 Å². The van der Waals surface area contributed by atoms with Crippen molar-refractivity contribution in [3.8, 4) is 5.75 Å². The van der Waals surface area contributed by atoms with E-state index in [9.17, 15) is 18.0 Å². The van der Waals surface area contributed by atoms with Crippen LogP contribution in [0.3, 0.4) is 0 Å². The smallest absolute Gasteiger partial charge is 0.451 e. The Hall–Kier alpha value is -3.14. The largest absolute Gasteiger partial charge is 0.495 e. The minimum absolute atomic E-state index is 0.00981. The van der Waals surface area contributed by atoms with E-state index in [2.05, 4.69) is 15.0 Å². The molecule has 1 aromatic carbocycles. The summed E-state index contributed by atoms with van der Waals surface area (Å²) in [5, 5.41) is 0.192. The molecule has 0 unspecified atom stereocenters. The average Bonchev–Trinajstić information content (AvgIpc) is 2.76. The van der Waals surface area contributed by atoms with Crippen LogP contribution >= 0.6 is 11.6 Å². The number of methoxy groups -OCH3 is 1. The summed E-state index contributed by atoms with van der Waals surface area (Å²) in [6, 6.07) is 5.69. The predicted octanol–water partition coefficient (Wildman–Crippen LogP) is 3.72. The summed E-state index contributed by atoms with van der Waals surface area (Å²) in [5.41, 5.74) is 7.70. The lowest BCUT2D eigenvalue weighted by molar-refractivity contribution is -0.145. The van der Waals surface area contributed by atoms with Crippen molar-refractivity contribution in [1.29, 1.82) is 0 Å². The average molecular weight is 468 g/mol. The highest BCUT2D eigenvalue weighted by atomic mass is 35.5. The van der Waals surface area contributed by atoms with Gasteiger partial charge in [0.15, 0.2) is 0 Å². The molecule has 0 saturated heterocycles. The molecular weight excluding hydrogens is 447 g/mol. The number of rotatable bonds is 4. The van der Waals surface area contributed by atoms with Crippen LogP contribution < -0.4 is 10.5 Å². The number of ether oxygens (including phenoxy) is 1. The second-order valence-electron chi connectivity index (χ2n) is 7.02. The van der Waals surface area contributed by atoms with E-state index in [0.717, 1.165) is 6.20 Å². The van der Waals surface area contributed by atoms with Gasteiger partial charge in [-0.25, -0.2) is 9.97 Å². The highest BCUT2D eigenvalue weighted by Gasteiger charge is 2.36. The van der Waals surface area contributed by atoms with Crippen LogP contribution in [0.25, 0.3) is 0 Å². The number of benzene rings is 1. The standard InChI is InChI=1S/C21H21ClF3N5O2/c1-11-17(26)13(18(27-2)14-7-9-28-20(29-14)21(23,24)25)8-10-30(11)19(31)12-5-4-6-15(32-3)16(12)22/h4-7,9,11H,8,10,26H2,1-3H3/t11-/m0/s1. The minimum Gasteiger partial charge on any atom is -0.495 e. The number of nitrogens with two attached hydrogens (primary N) is 1. The van der Waals surface area contributed by atoms with Gasteiger partial charge in [-0.1, -0.05) is 17.7 Å². The molecule has 0 bridgehead atoms. The van der Waals surface area contributed by atoms with Crippen molar-refractivity contribution < 1.29 is 22.7 Å². The maximum Gasteiger partial charge on any atom is 0.451 e. The van der Waals surface area contributed by atoms with Gasteiger partial charge in [0.1, 0.15) is 5.75 Å². The van der Waals surface area contributed by atoms with Crippen LogP contribution in [-0.4, -0.2) is 53.2 Å². The molecule has 2 aromatic rings. The molecule has 0 aliphatic carbocycles. The summed E-state index contributed by atoms with van der Waals surface area (Å²) in [6.45, 7) is 1.99. The quantitative estimate of drug-likeness (QED) is 0.691. The number of nitrogens with zero attached hydrogens (tertiary/aromatic N) is 4. The zero-order chi connectivity index (χ0) is 23.6. The lowest BCUT2D eigenvalue weighted by atomic mass is 9.93. The molecule has 1 atom stereocenters. The van der Waals surface area contributed by atoms with Gasteiger partial charge in [0.2, 0.25) is 5.82 Å². The Morgan fingerprint density at radius 3 is 2.69 bits per heavy atom. The van der Waals surface area contributed by atoms with Crippen molar-refractivity contribution in [3.63, 3.8) is 0 Å². The number of aliphatic imine (C=N–C) groups is 1. The molecule has 2 N–H and O–H groups in total. The molecule has 1 aliphatic rings. The number of amides is 1. The third-order valence-electron chi connectivity index (χ3n) is 5.20. The van der Waals surface area contributed by atoms with Crippen LogP contribution in [0.5, 0.6) is 5.75 Å². The van der Waals surface area contributed by atoms with Crippen molar-refractivity contribution in [2.24, 2.45) is 10.7 Å². The van der Waals surface area contributed by atoms with Crippen molar-refractivity contribution in [2.75, 3.05) is 20.7 Å². The summed E-state index contributed by atoms with van der Waals surface area (Å²) >= 11 is 6.30. The molecular formula is C21H21ClF3N5O2. The Morgan fingerprint density at radius 1 is 1.34 bits per heavy atom. The molecule has 3 rings (SSSR count). The van der Waals surface area contributed by atoms with Crippen molar-refractivity contribution >= 4 is 23.2 Å². The molecule has 170 valence electrons. The van der Waals surface area contributed by atoms with E-state index in [0.29, 0.717) is 17.0 Å². The number of hydrogen-bond acceptors (Lipinski definition) is 6. The van der Waals surface area contributed by atoms with Gasteiger partial charge in [0.25, 0.3) is 5.91 Å². The molecule has 32 heavy (non-hydrogen) atoms. The van der Waals surface area contributed by atoms with E-state index >= 15 is 0 Å². The Balaban J connectivity index is 1.94. The first-order chi connectivity index (χ1) is 15.1. The van der Waals surface area contributed by atoms with Crippen LogP contribution in [0.1, 0.15) is 35.2 Å². The number of carbonyl (C=O) groups is 1. The van der Waals surface area contributed by atoms with Gasteiger partial charge in [0.05, 0.1) is 35.1 Å². The van der Waals surface area contributed by atoms with Gasteiger partial charge in [-0.2, -0.15) is 13.2 Å². The highest BCUT2D eigenvalue weighted by Crippen LogP contribution is 2.32. The fourth-order valence-electron chi connectivity index (χ4n) is 3.54. The van der Waals surface area contributed by atoms with Crippen LogP contribution in [0.2, 0.25) is 5.02 Å². The van der Waals surface area contributed by atoms with E-state index in [4.69, 9.17) is 22.1 Å². The van der Waals surface area contributed by atoms with Crippen LogP contribution in [-0.2, 0) is 6.18 Å². The Labute approximate surface area is 187 Å². The van der Waals surface area contributed by atoms with Gasteiger partial charge in [-0.3, -0.25) is 9.79 Å². The van der Waals surface area contributed by atoms with Crippen molar-refractivity contribution in [2.45, 2.75) is 25.6 Å². The van der Waals surface area contributed by atoms with Gasteiger partial charge >= 0.3 is 6.18 Å². The summed E-state index contributed by atoms with van der Waals surface area (Å²) in [6.07, 6.45) is -3.38. The highest BCUT2D eigenvalue weighted by molar-refractivity contribution is 6.35. The number of halogens is 4. The van der Waals surface area contributed by atoms with Gasteiger partial charge in [-0.15, -0.1) is 0 Å². The number of aromatic nitrogens is 2. The van der Waals surface area contributed by atoms with Crippen molar-refractivity contribution in [3.05, 3.63) is 63.8 Å². The van der Waals surface area contributed by atoms with E-state index < -0.39 is 18.0 Å². The van der Waals surface area contributed by atoms with E-state index in [1.54, 1.807) is 30.0 Å². The third-order valence-corrected chi connectivity index (χ3v) is 5.59. The third kappa shape index (κ3) is 4.40. The SMILES string of the molecule is CN=C(C1=C(N)[C@H](C)N(C(=O)c2cccc(OC)c2Cl)CC1)c1ccnc(C(F)(F)F)n1. The maximum atomic E-state index is 13.1. The normalized spacial score (nSPS) is 17.5. The second kappa shape index (κ2) is 9.15. The summed E-state index contributed by atoms with van der Waals surface area (Å²) in [5.74, 6) is -1.22. The Kier molecular flexibility index (Phi) is 6.73. The van der Waals surface area contributed by atoms with Crippen LogP contribution in [0.4, 0.5) is 13.2 Å². The lowest BCUT2D eigenvalue weighted by Crippen LogP contribution is -2.46. The van der Waals surface area contributed by atoms with Crippen LogP contribution in [0.15, 0.2) is 46.7 Å². The zero-order valence-electron chi connectivity index (χ0n) is 17.6. The van der Waals surface area contributed by atoms with E-state index in [1.807, 2.05) is 0 Å². The summed E-state index contributed by atoms with van der Waals surface area (Å²) < 4.78 is 44.3. The van der Waals surface area contributed by atoms with Gasteiger partial charge in [0, 0.05) is 31.1 Å². The molecule has 0 radical (unpaired) electrons. The first-order valence-electron chi connectivity index (χ1n) is 9.59. The molecule has 2 heterocycles. The molecule has 1 amide bonds. The Morgan fingerprint density at radius 2 is 2.06 bits per heavy atom. The molecule has 1 aliphatic heterocycles. The second-order valence-corrected chi connectivity index (χ2v) is 7.39. The summed E-state index contributed by atoms with van der Waals surface area (Å²) in [7, 11) is 2.90. The molecule has 0 saturated carbocycles. The Bertz CT molecular complexity index is 1100. The molecule has 0 spiro atoms. The molecule has 7 nitrogen and oxygen atoms in total. The number of hydrogen-bond donors (Lipinski definition) is 1. The van der Waals surface area contributed by atoms with E-state index in [1.165, 1.54) is 20.2 Å². The first kappa shape index (κ1) is 23.5. The van der Waals surface area contributed by atoms with Gasteiger partial charge in [-0.05, 0) is 31.5 Å². The predicted molar refractivity (Wildman–Crippen MR) is 114 cm³/mol. The molecule has 11 heteroatoms. The fraction of sp³-hybridized carbons (Fsp3) is 0.333. The van der Waals surface area contributed by atoms with Crippen LogP contribution in [0, 0.1) is 0 Å². The minimum atomic E-state index is -4.69. The van der Waals surface area contributed by atoms with E-state index in [-0.39, 0.29) is 40.9 Å². The lowest BCUT2D eigenvalue weighted by Gasteiger charge is -2.36. The molecule has 1 aromatic heterocycles. The monoisotopic (exact) mass is 467 g/mol. The number of carbonyl (C=O) groups excluding carboxylic acids is 1. The van der Waals surface area contributed by atoms with Crippen molar-refractivity contribution in [1.82, 2.24) is 14.9 Å². The zero-order valence-corrected chi connectivity index (χ0v) is 18.3. The number of alkyl halides is 3. The fourth-order valence-corrected chi connectivity index (χ4v) is 3.83. The summed E-state index contributed by atoms with van der Waals surface area (Å²) in [4.78, 5) is 25.7. The first-order valence-corrected chi connectivity index (χ1v) is 9.97. The maximum absolute atomic E-state index is 13.1. The van der Waals surface area contributed by atoms with Gasteiger partial charge < -0.3 is 15.4 Å².